The van der Waals surface area contributed by atoms with Crippen LogP contribution in [0, 0.1) is 11.8 Å². The molecule has 0 spiro atoms. The van der Waals surface area contributed by atoms with Crippen molar-refractivity contribution in [2.45, 2.75) is 79.0 Å². The van der Waals surface area contributed by atoms with Crippen molar-refractivity contribution in [2.75, 3.05) is 7.11 Å². The number of amides is 2. The van der Waals surface area contributed by atoms with Crippen LogP contribution in [-0.2, 0) is 19.1 Å². The third-order valence-electron chi connectivity index (χ3n) is 4.13. The Hall–Kier alpha value is -1.79. The van der Waals surface area contributed by atoms with E-state index >= 15 is 0 Å². The van der Waals surface area contributed by atoms with Gasteiger partial charge in [0.25, 0.3) is 0 Å². The molecular formula is C18H34N2O5. The van der Waals surface area contributed by atoms with Crippen LogP contribution in [0.4, 0.5) is 4.79 Å². The quantitative estimate of drug-likeness (QED) is 0.651. The third-order valence-corrected chi connectivity index (χ3v) is 4.13. The first-order valence-corrected chi connectivity index (χ1v) is 8.84. The van der Waals surface area contributed by atoms with Crippen LogP contribution in [0.15, 0.2) is 0 Å². The maximum absolute atomic E-state index is 12.7. The molecule has 0 bridgehead atoms. The molecule has 0 radical (unpaired) electrons. The van der Waals surface area contributed by atoms with Crippen LogP contribution in [-0.4, -0.2) is 42.8 Å². The van der Waals surface area contributed by atoms with E-state index in [1.54, 1.807) is 20.8 Å². The van der Waals surface area contributed by atoms with E-state index in [1.165, 1.54) is 7.11 Å². The Labute approximate surface area is 151 Å². The minimum absolute atomic E-state index is 0.0875. The van der Waals surface area contributed by atoms with Crippen molar-refractivity contribution >= 4 is 18.0 Å². The third kappa shape index (κ3) is 8.23. The largest absolute Gasteiger partial charge is 0.467 e. The van der Waals surface area contributed by atoms with E-state index < -0.39 is 35.7 Å². The van der Waals surface area contributed by atoms with E-state index in [1.807, 2.05) is 27.7 Å². The van der Waals surface area contributed by atoms with Crippen LogP contribution in [0.1, 0.15) is 61.3 Å². The van der Waals surface area contributed by atoms with Crippen molar-refractivity contribution in [3.63, 3.8) is 0 Å². The van der Waals surface area contributed by atoms with Gasteiger partial charge in [-0.25, -0.2) is 9.59 Å². The van der Waals surface area contributed by atoms with Crippen LogP contribution in [0.3, 0.4) is 0 Å². The average molecular weight is 358 g/mol. The first-order valence-electron chi connectivity index (χ1n) is 8.84. The molecule has 7 nitrogen and oxygen atoms in total. The van der Waals surface area contributed by atoms with Crippen molar-refractivity contribution < 1.29 is 23.9 Å². The summed E-state index contributed by atoms with van der Waals surface area (Å²) in [4.78, 5) is 36.7. The molecule has 0 fully saturated rings. The monoisotopic (exact) mass is 358 g/mol. The molecule has 0 rings (SSSR count). The predicted molar refractivity (Wildman–Crippen MR) is 96.0 cm³/mol. The van der Waals surface area contributed by atoms with Crippen molar-refractivity contribution in [1.82, 2.24) is 10.6 Å². The predicted octanol–water partition coefficient (Wildman–Crippen LogP) is 2.63. The minimum Gasteiger partial charge on any atom is -0.467 e. The zero-order valence-corrected chi connectivity index (χ0v) is 16.8. The molecule has 2 N–H and O–H groups in total. The summed E-state index contributed by atoms with van der Waals surface area (Å²) < 4.78 is 10.0. The molecule has 2 amide bonds. The second-order valence-electron chi connectivity index (χ2n) is 7.40. The SMILES string of the molecule is CC[C@H](C)[C@H](NC(=O)OC(C)(C)C)C(=O)N[C@@H](C(=O)OC)[C@@H](C)CC. The summed E-state index contributed by atoms with van der Waals surface area (Å²) in [5.74, 6) is -1.13. The van der Waals surface area contributed by atoms with E-state index in [-0.39, 0.29) is 11.8 Å². The molecule has 0 aromatic heterocycles. The van der Waals surface area contributed by atoms with Crippen LogP contribution in [0.2, 0.25) is 0 Å². The lowest BCUT2D eigenvalue weighted by Gasteiger charge is -2.29. The van der Waals surface area contributed by atoms with Gasteiger partial charge >= 0.3 is 12.1 Å². The molecule has 0 saturated carbocycles. The first kappa shape index (κ1) is 23.2. The molecular weight excluding hydrogens is 324 g/mol. The zero-order valence-electron chi connectivity index (χ0n) is 16.8. The highest BCUT2D eigenvalue weighted by Crippen LogP contribution is 2.14. The van der Waals surface area contributed by atoms with Crippen LogP contribution < -0.4 is 10.6 Å². The van der Waals surface area contributed by atoms with Crippen molar-refractivity contribution in [3.8, 4) is 0 Å². The molecule has 0 aromatic rings. The molecule has 0 heterocycles. The number of nitrogens with one attached hydrogen (secondary N) is 2. The van der Waals surface area contributed by atoms with Gasteiger partial charge in [-0.05, 0) is 32.6 Å². The lowest BCUT2D eigenvalue weighted by atomic mass is 9.95. The highest BCUT2D eigenvalue weighted by Gasteiger charge is 2.33. The molecule has 0 aliphatic rings. The topological polar surface area (TPSA) is 93.7 Å². The first-order chi connectivity index (χ1) is 11.5. The molecule has 0 unspecified atom stereocenters. The summed E-state index contributed by atoms with van der Waals surface area (Å²) in [6.07, 6.45) is 0.722. The highest BCUT2D eigenvalue weighted by molar-refractivity contribution is 5.90. The van der Waals surface area contributed by atoms with Gasteiger partial charge < -0.3 is 20.1 Å². The van der Waals surface area contributed by atoms with Gasteiger partial charge in [-0.1, -0.05) is 40.5 Å². The fourth-order valence-corrected chi connectivity index (χ4v) is 2.18. The Morgan fingerprint density at radius 2 is 1.40 bits per heavy atom. The smallest absolute Gasteiger partial charge is 0.408 e. The fourth-order valence-electron chi connectivity index (χ4n) is 2.18. The van der Waals surface area contributed by atoms with Crippen molar-refractivity contribution in [2.24, 2.45) is 11.8 Å². The van der Waals surface area contributed by atoms with Gasteiger partial charge in [-0.15, -0.1) is 0 Å². The second kappa shape index (κ2) is 10.3. The number of hydrogen-bond donors (Lipinski definition) is 2. The Kier molecular flexibility index (Phi) is 9.52. The van der Waals surface area contributed by atoms with Gasteiger partial charge in [0.15, 0.2) is 0 Å². The molecule has 146 valence electrons. The minimum atomic E-state index is -0.795. The van der Waals surface area contributed by atoms with Gasteiger partial charge in [-0.2, -0.15) is 0 Å². The summed E-state index contributed by atoms with van der Waals surface area (Å²) in [5.41, 5.74) is -0.661. The van der Waals surface area contributed by atoms with Crippen LogP contribution in [0.25, 0.3) is 0 Å². The number of methoxy groups -OCH3 is 1. The maximum Gasteiger partial charge on any atom is 0.408 e. The summed E-state index contributed by atoms with van der Waals surface area (Å²) in [6, 6.07) is -1.55. The molecule has 0 aliphatic heterocycles. The number of alkyl carbamates (subject to hydrolysis) is 1. The molecule has 0 saturated heterocycles. The maximum atomic E-state index is 12.7. The average Bonchev–Trinajstić information content (AvgIpc) is 2.53. The molecule has 25 heavy (non-hydrogen) atoms. The van der Waals surface area contributed by atoms with Crippen LogP contribution >= 0.6 is 0 Å². The normalized spacial score (nSPS) is 16.2. The second-order valence-corrected chi connectivity index (χ2v) is 7.40. The van der Waals surface area contributed by atoms with Crippen LogP contribution in [0.5, 0.6) is 0 Å². The van der Waals surface area contributed by atoms with Crippen molar-refractivity contribution in [3.05, 3.63) is 0 Å². The fraction of sp³-hybridized carbons (Fsp3) is 0.833. The van der Waals surface area contributed by atoms with Gasteiger partial charge in [0.2, 0.25) is 5.91 Å². The summed E-state index contributed by atoms with van der Waals surface area (Å²) in [7, 11) is 1.29. The summed E-state index contributed by atoms with van der Waals surface area (Å²) >= 11 is 0. The number of esters is 1. The van der Waals surface area contributed by atoms with E-state index in [0.717, 1.165) is 0 Å². The van der Waals surface area contributed by atoms with E-state index in [2.05, 4.69) is 10.6 Å². The lowest BCUT2D eigenvalue weighted by Crippen LogP contribution is -2.56. The standard InChI is InChI=1S/C18H34N2O5/c1-9-11(3)13(20-17(23)25-18(5,6)7)15(21)19-14(12(4)10-2)16(22)24-8/h11-14H,9-10H2,1-8H3,(H,19,21)(H,20,23)/t11-,12-,13-,14+/m0/s1. The number of carbonyl (C=O) groups is 3. The highest BCUT2D eigenvalue weighted by atomic mass is 16.6. The summed E-state index contributed by atoms with van der Waals surface area (Å²) in [5, 5.41) is 5.34. The van der Waals surface area contributed by atoms with Gasteiger partial charge in [-0.3, -0.25) is 4.79 Å². The van der Waals surface area contributed by atoms with E-state index in [0.29, 0.717) is 12.8 Å². The zero-order chi connectivity index (χ0) is 19.8. The molecule has 4 atom stereocenters. The number of rotatable bonds is 8. The van der Waals surface area contributed by atoms with Gasteiger partial charge in [0.1, 0.15) is 17.7 Å². The number of hydrogen-bond acceptors (Lipinski definition) is 5. The van der Waals surface area contributed by atoms with E-state index in [4.69, 9.17) is 9.47 Å². The van der Waals surface area contributed by atoms with Gasteiger partial charge in [0, 0.05) is 0 Å². The van der Waals surface area contributed by atoms with Gasteiger partial charge in [0.05, 0.1) is 7.11 Å². The Morgan fingerprint density at radius 1 is 0.920 bits per heavy atom. The number of ether oxygens (including phenoxy) is 2. The molecule has 0 aliphatic carbocycles. The Balaban J connectivity index is 5.22. The Bertz CT molecular complexity index is 459. The Morgan fingerprint density at radius 3 is 1.80 bits per heavy atom. The lowest BCUT2D eigenvalue weighted by molar-refractivity contribution is -0.147. The van der Waals surface area contributed by atoms with Crippen molar-refractivity contribution in [1.29, 1.82) is 0 Å². The molecule has 7 heteroatoms. The summed E-state index contributed by atoms with van der Waals surface area (Å²) in [6.45, 7) is 12.8. The molecule has 0 aromatic carbocycles. The number of carbonyl (C=O) groups excluding carboxylic acids is 3. The van der Waals surface area contributed by atoms with E-state index in [9.17, 15) is 14.4 Å².